The van der Waals surface area contributed by atoms with Crippen LogP contribution >= 0.6 is 0 Å². The van der Waals surface area contributed by atoms with Gasteiger partial charge in [-0.05, 0) is 51.1 Å². The quantitative estimate of drug-likeness (QED) is 0.786. The molecule has 1 aromatic carbocycles. The van der Waals surface area contributed by atoms with Gasteiger partial charge in [0.05, 0.1) is 17.1 Å². The normalized spacial score (nSPS) is 16.0. The van der Waals surface area contributed by atoms with E-state index in [0.29, 0.717) is 11.7 Å². The zero-order chi connectivity index (χ0) is 17.9. The van der Waals surface area contributed by atoms with E-state index < -0.39 is 0 Å². The topological polar surface area (TPSA) is 66.8 Å². The summed E-state index contributed by atoms with van der Waals surface area (Å²) >= 11 is 0. The molecule has 134 valence electrons. The second-order valence-electron chi connectivity index (χ2n) is 6.88. The van der Waals surface area contributed by atoms with Crippen molar-refractivity contribution in [1.82, 2.24) is 24.6 Å². The highest BCUT2D eigenvalue weighted by Gasteiger charge is 2.23. The first-order valence-corrected chi connectivity index (χ1v) is 9.07. The summed E-state index contributed by atoms with van der Waals surface area (Å²) in [5.41, 5.74) is 3.16. The average molecular weight is 349 g/mol. The van der Waals surface area contributed by atoms with Crippen LogP contribution in [0, 0.1) is 6.92 Å². The number of rotatable bonds is 4. The van der Waals surface area contributed by atoms with Gasteiger partial charge in [0.2, 0.25) is 0 Å². The Labute approximate surface area is 152 Å². The zero-order valence-corrected chi connectivity index (χ0v) is 14.9. The monoisotopic (exact) mass is 349 g/mol. The fourth-order valence-electron chi connectivity index (χ4n) is 3.68. The molecule has 0 unspecified atom stereocenters. The van der Waals surface area contributed by atoms with Gasteiger partial charge in [-0.3, -0.25) is 9.69 Å². The Kier molecular flexibility index (Phi) is 4.67. The lowest BCUT2D eigenvalue weighted by molar-refractivity contribution is 0.199. The van der Waals surface area contributed by atoms with Crippen LogP contribution in [-0.2, 0) is 6.54 Å². The predicted octanol–water partition coefficient (Wildman–Crippen LogP) is 2.64. The molecule has 0 bridgehead atoms. The highest BCUT2D eigenvalue weighted by atomic mass is 16.1. The molecule has 0 aliphatic carbocycles. The standard InChI is InChI=1S/C20H23N5O/c1-15-22-19(13-20(26)23-15)16-8-11-24(12-9-16)14-18-7-10-21-25(18)17-5-3-2-4-6-17/h2-7,10,13,16H,8-9,11-12,14H2,1H3,(H,22,23,26). The molecular weight excluding hydrogens is 326 g/mol. The van der Waals surface area contributed by atoms with Crippen molar-refractivity contribution in [2.45, 2.75) is 32.2 Å². The van der Waals surface area contributed by atoms with Gasteiger partial charge in [0.15, 0.2) is 0 Å². The van der Waals surface area contributed by atoms with Crippen molar-refractivity contribution in [1.29, 1.82) is 0 Å². The van der Waals surface area contributed by atoms with Gasteiger partial charge in [-0.15, -0.1) is 0 Å². The predicted molar refractivity (Wildman–Crippen MR) is 100 cm³/mol. The molecule has 6 heteroatoms. The first-order valence-electron chi connectivity index (χ1n) is 9.07. The fraction of sp³-hybridized carbons (Fsp3) is 0.350. The Hall–Kier alpha value is -2.73. The van der Waals surface area contributed by atoms with Gasteiger partial charge in [0.1, 0.15) is 5.82 Å². The van der Waals surface area contributed by atoms with Gasteiger partial charge >= 0.3 is 0 Å². The molecule has 3 heterocycles. The van der Waals surface area contributed by atoms with E-state index in [-0.39, 0.29) is 5.56 Å². The molecule has 26 heavy (non-hydrogen) atoms. The van der Waals surface area contributed by atoms with Crippen molar-refractivity contribution in [3.05, 3.63) is 76.2 Å². The summed E-state index contributed by atoms with van der Waals surface area (Å²) in [7, 11) is 0. The molecule has 1 saturated heterocycles. The number of H-pyrrole nitrogens is 1. The van der Waals surface area contributed by atoms with E-state index in [1.165, 1.54) is 5.69 Å². The number of hydrogen-bond acceptors (Lipinski definition) is 4. The SMILES string of the molecule is Cc1nc(C2CCN(Cc3ccnn3-c3ccccc3)CC2)cc(=O)[nH]1. The van der Waals surface area contributed by atoms with Gasteiger partial charge in [-0.2, -0.15) is 5.10 Å². The van der Waals surface area contributed by atoms with E-state index in [9.17, 15) is 4.79 Å². The van der Waals surface area contributed by atoms with E-state index in [2.05, 4.69) is 38.2 Å². The molecule has 3 aromatic rings. The third-order valence-corrected chi connectivity index (χ3v) is 4.99. The van der Waals surface area contributed by atoms with Crippen LogP contribution in [0.4, 0.5) is 0 Å². The number of aromatic nitrogens is 4. The first kappa shape index (κ1) is 16.7. The van der Waals surface area contributed by atoms with Crippen molar-refractivity contribution in [3.8, 4) is 5.69 Å². The van der Waals surface area contributed by atoms with E-state index >= 15 is 0 Å². The molecule has 0 radical (unpaired) electrons. The number of benzene rings is 1. The molecule has 0 amide bonds. The first-order chi connectivity index (χ1) is 12.7. The minimum atomic E-state index is -0.0540. The molecule has 2 aromatic heterocycles. The number of aromatic amines is 1. The van der Waals surface area contributed by atoms with Crippen molar-refractivity contribution < 1.29 is 0 Å². The van der Waals surface area contributed by atoms with Crippen LogP contribution in [-0.4, -0.2) is 37.7 Å². The third-order valence-electron chi connectivity index (χ3n) is 4.99. The van der Waals surface area contributed by atoms with Gasteiger partial charge in [-0.1, -0.05) is 18.2 Å². The van der Waals surface area contributed by atoms with Crippen LogP contribution in [0.15, 0.2) is 53.5 Å². The molecule has 6 nitrogen and oxygen atoms in total. The van der Waals surface area contributed by atoms with Crippen LogP contribution < -0.4 is 5.56 Å². The minimum absolute atomic E-state index is 0.0540. The molecule has 0 spiro atoms. The maximum atomic E-state index is 11.7. The maximum Gasteiger partial charge on any atom is 0.251 e. The summed E-state index contributed by atoms with van der Waals surface area (Å²) in [6.07, 6.45) is 3.91. The maximum absolute atomic E-state index is 11.7. The number of hydrogen-bond donors (Lipinski definition) is 1. The number of aryl methyl sites for hydroxylation is 1. The molecule has 1 N–H and O–H groups in total. The molecule has 0 saturated carbocycles. The van der Waals surface area contributed by atoms with Crippen LogP contribution in [0.3, 0.4) is 0 Å². The van der Waals surface area contributed by atoms with Crippen LogP contribution in [0.1, 0.15) is 36.0 Å². The molecule has 1 aliphatic rings. The number of para-hydroxylation sites is 1. The van der Waals surface area contributed by atoms with Crippen molar-refractivity contribution in [2.24, 2.45) is 0 Å². The summed E-state index contributed by atoms with van der Waals surface area (Å²) in [6.45, 7) is 4.71. The lowest BCUT2D eigenvalue weighted by Crippen LogP contribution is -2.33. The molecule has 1 aliphatic heterocycles. The second-order valence-corrected chi connectivity index (χ2v) is 6.88. The number of likely N-dealkylation sites (tertiary alicyclic amines) is 1. The summed E-state index contributed by atoms with van der Waals surface area (Å²) in [5, 5.41) is 4.48. The molecule has 0 atom stereocenters. The number of nitrogens with zero attached hydrogens (tertiary/aromatic N) is 4. The summed E-state index contributed by atoms with van der Waals surface area (Å²) < 4.78 is 2.01. The van der Waals surface area contributed by atoms with Gasteiger partial charge in [0.25, 0.3) is 5.56 Å². The second kappa shape index (κ2) is 7.25. The van der Waals surface area contributed by atoms with Crippen LogP contribution in [0.5, 0.6) is 0 Å². The fourth-order valence-corrected chi connectivity index (χ4v) is 3.68. The zero-order valence-electron chi connectivity index (χ0n) is 14.9. The number of nitrogens with one attached hydrogen (secondary N) is 1. The molecule has 1 fully saturated rings. The Morgan fingerprint density at radius 3 is 2.65 bits per heavy atom. The Balaban J connectivity index is 1.42. The largest absolute Gasteiger partial charge is 0.311 e. The average Bonchev–Trinajstić information content (AvgIpc) is 3.10. The van der Waals surface area contributed by atoms with Crippen LogP contribution in [0.25, 0.3) is 5.69 Å². The van der Waals surface area contributed by atoms with Crippen LogP contribution in [0.2, 0.25) is 0 Å². The Bertz CT molecular complexity index is 923. The smallest absolute Gasteiger partial charge is 0.251 e. The van der Waals surface area contributed by atoms with Gasteiger partial charge in [0, 0.05) is 24.7 Å². The summed E-state index contributed by atoms with van der Waals surface area (Å²) in [5.74, 6) is 1.06. The van der Waals surface area contributed by atoms with E-state index in [1.807, 2.05) is 36.0 Å². The highest BCUT2D eigenvalue weighted by molar-refractivity contribution is 5.32. The Morgan fingerprint density at radius 1 is 1.15 bits per heavy atom. The lowest BCUT2D eigenvalue weighted by Gasteiger charge is -2.31. The minimum Gasteiger partial charge on any atom is -0.311 e. The van der Waals surface area contributed by atoms with Gasteiger partial charge < -0.3 is 4.98 Å². The van der Waals surface area contributed by atoms with E-state index in [4.69, 9.17) is 0 Å². The van der Waals surface area contributed by atoms with Crippen molar-refractivity contribution in [3.63, 3.8) is 0 Å². The lowest BCUT2D eigenvalue weighted by atomic mass is 9.93. The summed E-state index contributed by atoms with van der Waals surface area (Å²) in [6, 6.07) is 14.0. The molecule has 4 rings (SSSR count). The summed E-state index contributed by atoms with van der Waals surface area (Å²) in [4.78, 5) is 21.4. The van der Waals surface area contributed by atoms with Crippen molar-refractivity contribution in [2.75, 3.05) is 13.1 Å². The van der Waals surface area contributed by atoms with Gasteiger partial charge in [-0.25, -0.2) is 9.67 Å². The van der Waals surface area contributed by atoms with E-state index in [1.54, 1.807) is 6.07 Å². The third kappa shape index (κ3) is 3.60. The molecular formula is C20H23N5O. The highest BCUT2D eigenvalue weighted by Crippen LogP contribution is 2.27. The van der Waals surface area contributed by atoms with E-state index in [0.717, 1.165) is 43.9 Å². The Morgan fingerprint density at radius 2 is 1.92 bits per heavy atom. The van der Waals surface area contributed by atoms with Crippen molar-refractivity contribution >= 4 is 0 Å². The number of piperidine rings is 1.